The van der Waals surface area contributed by atoms with Crippen LogP contribution < -0.4 is 0 Å². The van der Waals surface area contributed by atoms with E-state index in [9.17, 15) is 0 Å². The van der Waals surface area contributed by atoms with E-state index in [0.29, 0.717) is 6.04 Å². The van der Waals surface area contributed by atoms with E-state index in [1.165, 1.54) is 30.6 Å². The van der Waals surface area contributed by atoms with E-state index in [1.54, 1.807) is 11.3 Å². The largest absolute Gasteiger partial charge is 0.327 e. The smallest absolute Gasteiger partial charge is 0.150 e. The maximum absolute atomic E-state index is 4.48. The molecule has 0 saturated heterocycles. The Morgan fingerprint density at radius 1 is 1.33 bits per heavy atom. The van der Waals surface area contributed by atoms with Gasteiger partial charge in [0.25, 0.3) is 0 Å². The summed E-state index contributed by atoms with van der Waals surface area (Å²) in [7, 11) is 0. The first kappa shape index (κ1) is 9.16. The molecule has 15 heavy (non-hydrogen) atoms. The monoisotopic (exact) mass is 218 g/mol. The van der Waals surface area contributed by atoms with Gasteiger partial charge in [0.1, 0.15) is 5.82 Å². The van der Waals surface area contributed by atoms with Crippen molar-refractivity contribution in [2.24, 2.45) is 0 Å². The molecule has 0 spiro atoms. The number of nitrogens with zero attached hydrogens (tertiary/aromatic N) is 2. The Kier molecular flexibility index (Phi) is 2.33. The SMILES string of the molecule is c1csc(-c2nccn2C2CCCC2)c1. The van der Waals surface area contributed by atoms with Gasteiger partial charge in [0, 0.05) is 18.4 Å². The Morgan fingerprint density at radius 2 is 2.20 bits per heavy atom. The molecule has 2 aromatic rings. The second-order valence-electron chi connectivity index (χ2n) is 4.07. The van der Waals surface area contributed by atoms with Crippen LogP contribution in [-0.4, -0.2) is 9.55 Å². The Bertz CT molecular complexity index is 424. The summed E-state index contributed by atoms with van der Waals surface area (Å²) in [5.74, 6) is 1.15. The minimum atomic E-state index is 0.685. The van der Waals surface area contributed by atoms with Gasteiger partial charge in [-0.1, -0.05) is 18.9 Å². The van der Waals surface area contributed by atoms with Crippen LogP contribution in [0.2, 0.25) is 0 Å². The average molecular weight is 218 g/mol. The third-order valence-electron chi connectivity index (χ3n) is 3.13. The van der Waals surface area contributed by atoms with Gasteiger partial charge in [-0.05, 0) is 24.3 Å². The lowest BCUT2D eigenvalue weighted by Crippen LogP contribution is -2.04. The first-order valence-electron chi connectivity index (χ1n) is 5.52. The number of hydrogen-bond donors (Lipinski definition) is 0. The van der Waals surface area contributed by atoms with E-state index < -0.39 is 0 Å². The van der Waals surface area contributed by atoms with Crippen LogP contribution in [0.1, 0.15) is 31.7 Å². The molecule has 0 aliphatic heterocycles. The van der Waals surface area contributed by atoms with Crippen LogP contribution in [0.3, 0.4) is 0 Å². The fourth-order valence-corrected chi connectivity index (χ4v) is 3.11. The van der Waals surface area contributed by atoms with Crippen molar-refractivity contribution in [2.75, 3.05) is 0 Å². The van der Waals surface area contributed by atoms with E-state index in [0.717, 1.165) is 5.82 Å². The summed E-state index contributed by atoms with van der Waals surface area (Å²) in [6.07, 6.45) is 9.42. The zero-order valence-electron chi connectivity index (χ0n) is 8.60. The van der Waals surface area contributed by atoms with Gasteiger partial charge in [-0.15, -0.1) is 11.3 Å². The molecule has 1 fully saturated rings. The van der Waals surface area contributed by atoms with Gasteiger partial charge in [0.05, 0.1) is 4.88 Å². The lowest BCUT2D eigenvalue weighted by Gasteiger charge is -2.13. The molecular weight excluding hydrogens is 204 g/mol. The molecule has 2 nitrogen and oxygen atoms in total. The fraction of sp³-hybridized carbons (Fsp3) is 0.417. The predicted octanol–water partition coefficient (Wildman–Crippen LogP) is 3.73. The molecule has 3 heteroatoms. The number of aromatic nitrogens is 2. The van der Waals surface area contributed by atoms with Crippen molar-refractivity contribution in [3.05, 3.63) is 29.9 Å². The van der Waals surface area contributed by atoms with Gasteiger partial charge in [0.2, 0.25) is 0 Å². The van der Waals surface area contributed by atoms with E-state index in [2.05, 4.69) is 33.3 Å². The van der Waals surface area contributed by atoms with E-state index >= 15 is 0 Å². The summed E-state index contributed by atoms with van der Waals surface area (Å²) in [5, 5.41) is 2.11. The quantitative estimate of drug-likeness (QED) is 0.751. The van der Waals surface area contributed by atoms with Crippen molar-refractivity contribution < 1.29 is 0 Å². The van der Waals surface area contributed by atoms with Crippen molar-refractivity contribution in [2.45, 2.75) is 31.7 Å². The fourth-order valence-electron chi connectivity index (χ4n) is 2.39. The van der Waals surface area contributed by atoms with E-state index in [4.69, 9.17) is 0 Å². The first-order valence-corrected chi connectivity index (χ1v) is 6.40. The van der Waals surface area contributed by atoms with Crippen LogP contribution in [0.25, 0.3) is 10.7 Å². The number of rotatable bonds is 2. The Hall–Kier alpha value is -1.09. The van der Waals surface area contributed by atoms with Crippen molar-refractivity contribution in [3.63, 3.8) is 0 Å². The molecule has 0 unspecified atom stereocenters. The van der Waals surface area contributed by atoms with E-state index in [-0.39, 0.29) is 0 Å². The maximum Gasteiger partial charge on any atom is 0.150 e. The molecule has 2 aromatic heterocycles. The molecule has 0 N–H and O–H groups in total. The summed E-state index contributed by atoms with van der Waals surface area (Å²) in [5.41, 5.74) is 0. The molecule has 3 rings (SSSR count). The summed E-state index contributed by atoms with van der Waals surface area (Å²) < 4.78 is 2.36. The second kappa shape index (κ2) is 3.81. The Morgan fingerprint density at radius 3 is 2.93 bits per heavy atom. The third-order valence-corrected chi connectivity index (χ3v) is 3.99. The highest BCUT2D eigenvalue weighted by atomic mass is 32.1. The molecule has 0 atom stereocenters. The minimum absolute atomic E-state index is 0.685. The Labute approximate surface area is 93.6 Å². The van der Waals surface area contributed by atoms with Crippen molar-refractivity contribution in [3.8, 4) is 10.7 Å². The maximum atomic E-state index is 4.48. The summed E-state index contributed by atoms with van der Waals surface area (Å²) >= 11 is 1.77. The van der Waals surface area contributed by atoms with Crippen LogP contribution in [0.5, 0.6) is 0 Å². The lowest BCUT2D eigenvalue weighted by molar-refractivity contribution is 0.524. The molecule has 0 radical (unpaired) electrons. The van der Waals surface area contributed by atoms with Crippen LogP contribution in [0.4, 0.5) is 0 Å². The predicted molar refractivity (Wildman–Crippen MR) is 63.0 cm³/mol. The normalized spacial score (nSPS) is 17.3. The number of imidazole rings is 1. The van der Waals surface area contributed by atoms with Gasteiger partial charge in [-0.2, -0.15) is 0 Å². The van der Waals surface area contributed by atoms with Crippen molar-refractivity contribution >= 4 is 11.3 Å². The van der Waals surface area contributed by atoms with E-state index in [1.807, 2.05) is 6.20 Å². The highest BCUT2D eigenvalue weighted by Crippen LogP contribution is 2.33. The molecular formula is C12H14N2S. The lowest BCUT2D eigenvalue weighted by atomic mass is 10.2. The van der Waals surface area contributed by atoms with Gasteiger partial charge in [-0.25, -0.2) is 4.98 Å². The summed E-state index contributed by atoms with van der Waals surface area (Å²) in [6.45, 7) is 0. The summed E-state index contributed by atoms with van der Waals surface area (Å²) in [6, 6.07) is 4.93. The Balaban J connectivity index is 1.98. The van der Waals surface area contributed by atoms with Crippen molar-refractivity contribution in [1.29, 1.82) is 0 Å². The second-order valence-corrected chi connectivity index (χ2v) is 5.02. The molecule has 0 amide bonds. The van der Waals surface area contributed by atoms with Crippen LogP contribution in [0, 0.1) is 0 Å². The highest BCUT2D eigenvalue weighted by molar-refractivity contribution is 7.13. The minimum Gasteiger partial charge on any atom is -0.327 e. The van der Waals surface area contributed by atoms with Crippen LogP contribution in [0.15, 0.2) is 29.9 Å². The zero-order chi connectivity index (χ0) is 10.1. The average Bonchev–Trinajstić information content (AvgIpc) is 3.01. The molecule has 78 valence electrons. The molecule has 0 bridgehead atoms. The molecule has 0 aromatic carbocycles. The highest BCUT2D eigenvalue weighted by Gasteiger charge is 2.19. The van der Waals surface area contributed by atoms with Crippen LogP contribution >= 0.6 is 11.3 Å². The zero-order valence-corrected chi connectivity index (χ0v) is 9.41. The molecule has 1 aliphatic rings. The third kappa shape index (κ3) is 1.61. The molecule has 2 heterocycles. The van der Waals surface area contributed by atoms with Crippen LogP contribution in [-0.2, 0) is 0 Å². The first-order chi connectivity index (χ1) is 7.45. The molecule has 1 saturated carbocycles. The van der Waals surface area contributed by atoms with Gasteiger partial charge in [-0.3, -0.25) is 0 Å². The number of thiophene rings is 1. The van der Waals surface area contributed by atoms with Crippen molar-refractivity contribution in [1.82, 2.24) is 9.55 Å². The number of hydrogen-bond acceptors (Lipinski definition) is 2. The topological polar surface area (TPSA) is 17.8 Å². The molecule has 1 aliphatic carbocycles. The van der Waals surface area contributed by atoms with Gasteiger partial charge >= 0.3 is 0 Å². The van der Waals surface area contributed by atoms with Gasteiger partial charge < -0.3 is 4.57 Å². The summed E-state index contributed by atoms with van der Waals surface area (Å²) in [4.78, 5) is 5.76. The standard InChI is InChI=1S/C12H14N2S/c1-2-5-10(4-1)14-8-7-13-12(14)11-6-3-9-15-11/h3,6-10H,1-2,4-5H2. The van der Waals surface area contributed by atoms with Gasteiger partial charge in [0.15, 0.2) is 0 Å².